The molecular weight excluding hydrogens is 128 g/mol. The van der Waals surface area contributed by atoms with Gasteiger partial charge in [-0.1, -0.05) is 0 Å². The highest BCUT2D eigenvalue weighted by atomic mass is 16.5. The van der Waals surface area contributed by atoms with Gasteiger partial charge in [-0.15, -0.1) is 0 Å². The van der Waals surface area contributed by atoms with Gasteiger partial charge >= 0.3 is 0 Å². The zero-order chi connectivity index (χ0) is 7.40. The predicted octanol–water partition coefficient (Wildman–Crippen LogP) is -0.124. The molecule has 2 radical (unpaired) electrons. The minimum absolute atomic E-state index is 0.834. The number of rotatable bonds is 2. The molecule has 0 aromatic heterocycles. The van der Waals surface area contributed by atoms with E-state index in [9.17, 15) is 0 Å². The van der Waals surface area contributed by atoms with Crippen molar-refractivity contribution in [3.63, 3.8) is 0 Å². The van der Waals surface area contributed by atoms with Crippen LogP contribution in [0.3, 0.4) is 0 Å². The average molecular weight is 142 g/mol. The van der Waals surface area contributed by atoms with Crippen LogP contribution in [0.1, 0.15) is 0 Å². The van der Waals surface area contributed by atoms with Crippen LogP contribution in [0.5, 0.6) is 0 Å². The molecule has 1 fully saturated rings. The number of hydrogen-bond acceptors (Lipinski definition) is 3. The molecule has 1 rings (SSSR count). The fourth-order valence-electron chi connectivity index (χ4n) is 0.946. The highest BCUT2D eigenvalue weighted by molar-refractivity contribution is 4.68. The highest BCUT2D eigenvalue weighted by Crippen LogP contribution is 1.99. The Balaban J connectivity index is 2.13. The molecule has 0 aliphatic carbocycles. The molecule has 3 heteroatoms. The molecule has 1 saturated heterocycles. The second-order valence-corrected chi connectivity index (χ2v) is 2.59. The Hall–Kier alpha value is -0.120. The first kappa shape index (κ1) is 7.98. The molecule has 0 bridgehead atoms. The van der Waals surface area contributed by atoms with Crippen LogP contribution >= 0.6 is 0 Å². The maximum absolute atomic E-state index is 5.18. The normalized spacial score (nSPS) is 21.9. The molecule has 0 atom stereocenters. The number of ether oxygens (including phenoxy) is 1. The topological polar surface area (TPSA) is 15.7 Å². The lowest BCUT2D eigenvalue weighted by atomic mass is 10.4. The van der Waals surface area contributed by atoms with Crippen molar-refractivity contribution in [2.24, 2.45) is 0 Å². The van der Waals surface area contributed by atoms with Gasteiger partial charge < -0.3 is 4.74 Å². The number of nitrogens with zero attached hydrogens (tertiary/aromatic N) is 2. The van der Waals surface area contributed by atoms with Crippen LogP contribution in [0.4, 0.5) is 0 Å². The molecule has 58 valence electrons. The van der Waals surface area contributed by atoms with E-state index in [1.54, 1.807) is 0 Å². The van der Waals surface area contributed by atoms with Crippen LogP contribution in [0.25, 0.3) is 0 Å². The lowest BCUT2D eigenvalue weighted by Crippen LogP contribution is -2.37. The second kappa shape index (κ2) is 3.91. The summed E-state index contributed by atoms with van der Waals surface area (Å²) in [6, 6.07) is 0. The summed E-state index contributed by atoms with van der Waals surface area (Å²) in [5.41, 5.74) is 0. The SMILES string of the molecule is CN(C)[C]N1CCOCC1. The molecular formula is C7H14N2O. The van der Waals surface area contributed by atoms with Gasteiger partial charge in [-0.2, -0.15) is 0 Å². The van der Waals surface area contributed by atoms with Crippen molar-refractivity contribution in [3.8, 4) is 0 Å². The van der Waals surface area contributed by atoms with E-state index in [1.165, 1.54) is 0 Å². The van der Waals surface area contributed by atoms with Gasteiger partial charge in [-0.25, -0.2) is 0 Å². The van der Waals surface area contributed by atoms with Crippen molar-refractivity contribution < 1.29 is 4.74 Å². The Morgan fingerprint density at radius 1 is 1.30 bits per heavy atom. The summed E-state index contributed by atoms with van der Waals surface area (Å²) in [6.45, 7) is 6.78. The lowest BCUT2D eigenvalue weighted by molar-refractivity contribution is 0.0391. The summed E-state index contributed by atoms with van der Waals surface area (Å²) in [5.74, 6) is 0. The lowest BCUT2D eigenvalue weighted by Gasteiger charge is -2.27. The Morgan fingerprint density at radius 3 is 2.40 bits per heavy atom. The van der Waals surface area contributed by atoms with E-state index < -0.39 is 0 Å². The fourth-order valence-corrected chi connectivity index (χ4v) is 0.946. The van der Waals surface area contributed by atoms with Crippen molar-refractivity contribution in [2.45, 2.75) is 0 Å². The van der Waals surface area contributed by atoms with Gasteiger partial charge in [0.2, 0.25) is 0 Å². The third kappa shape index (κ3) is 2.64. The second-order valence-electron chi connectivity index (χ2n) is 2.59. The van der Waals surface area contributed by atoms with Gasteiger partial charge in [-0.05, 0) is 14.1 Å². The fraction of sp³-hybridized carbons (Fsp3) is 0.857. The van der Waals surface area contributed by atoms with Crippen molar-refractivity contribution in [2.75, 3.05) is 40.4 Å². The Bertz CT molecular complexity index is 89.6. The zero-order valence-corrected chi connectivity index (χ0v) is 6.63. The van der Waals surface area contributed by atoms with Crippen LogP contribution in [0, 0.1) is 6.67 Å². The van der Waals surface area contributed by atoms with Crippen LogP contribution in [0.2, 0.25) is 0 Å². The first-order chi connectivity index (χ1) is 4.79. The molecule has 1 aliphatic rings. The first-order valence-electron chi connectivity index (χ1n) is 3.55. The maximum atomic E-state index is 5.18. The molecule has 0 spiro atoms. The molecule has 0 N–H and O–H groups in total. The van der Waals surface area contributed by atoms with Crippen LogP contribution in [-0.4, -0.2) is 50.2 Å². The summed E-state index contributed by atoms with van der Waals surface area (Å²) in [7, 11) is 3.96. The van der Waals surface area contributed by atoms with Gasteiger partial charge in [0.15, 0.2) is 0 Å². The van der Waals surface area contributed by atoms with Crippen LogP contribution in [-0.2, 0) is 4.74 Å². The molecule has 10 heavy (non-hydrogen) atoms. The molecule has 1 aliphatic heterocycles. The van der Waals surface area contributed by atoms with Gasteiger partial charge in [0, 0.05) is 13.1 Å². The minimum atomic E-state index is 0.834. The molecule has 0 aromatic carbocycles. The van der Waals surface area contributed by atoms with Crippen molar-refractivity contribution in [1.29, 1.82) is 0 Å². The molecule has 1 heterocycles. The van der Waals surface area contributed by atoms with E-state index in [1.807, 2.05) is 19.0 Å². The third-order valence-corrected chi connectivity index (χ3v) is 1.35. The average Bonchev–Trinajstić information content (AvgIpc) is 1.88. The maximum Gasteiger partial charge on any atom is 0.146 e. The zero-order valence-electron chi connectivity index (χ0n) is 6.63. The number of hydrogen-bond donors (Lipinski definition) is 0. The van der Waals surface area contributed by atoms with E-state index >= 15 is 0 Å². The van der Waals surface area contributed by atoms with Gasteiger partial charge in [0.05, 0.1) is 13.2 Å². The summed E-state index contributed by atoms with van der Waals surface area (Å²) in [4.78, 5) is 4.08. The van der Waals surface area contributed by atoms with E-state index in [2.05, 4.69) is 11.6 Å². The molecule has 3 nitrogen and oxygen atoms in total. The van der Waals surface area contributed by atoms with Crippen LogP contribution < -0.4 is 0 Å². The summed E-state index contributed by atoms with van der Waals surface area (Å²) >= 11 is 0. The standard InChI is InChI=1S/C7H14N2O/c1-8(2)7-9-3-5-10-6-4-9/h3-6H2,1-2H3. The quantitative estimate of drug-likeness (QED) is 0.500. The van der Waals surface area contributed by atoms with Gasteiger partial charge in [-0.3, -0.25) is 9.80 Å². The Morgan fingerprint density at radius 2 is 1.90 bits per heavy atom. The number of morpholine rings is 1. The van der Waals surface area contributed by atoms with Gasteiger partial charge in [0.25, 0.3) is 0 Å². The molecule has 0 amide bonds. The first-order valence-corrected chi connectivity index (χ1v) is 3.55. The van der Waals surface area contributed by atoms with Crippen molar-refractivity contribution in [1.82, 2.24) is 9.80 Å². The molecule has 0 aromatic rings. The largest absolute Gasteiger partial charge is 0.379 e. The van der Waals surface area contributed by atoms with Crippen molar-refractivity contribution in [3.05, 3.63) is 6.67 Å². The van der Waals surface area contributed by atoms with Crippen molar-refractivity contribution >= 4 is 0 Å². The van der Waals surface area contributed by atoms with E-state index in [0.29, 0.717) is 0 Å². The molecule has 0 saturated carbocycles. The van der Waals surface area contributed by atoms with E-state index in [4.69, 9.17) is 4.74 Å². The minimum Gasteiger partial charge on any atom is -0.379 e. The summed E-state index contributed by atoms with van der Waals surface area (Å²) in [5, 5.41) is 0. The molecule has 0 unspecified atom stereocenters. The van der Waals surface area contributed by atoms with Crippen LogP contribution in [0.15, 0.2) is 0 Å². The highest BCUT2D eigenvalue weighted by Gasteiger charge is 2.11. The summed E-state index contributed by atoms with van der Waals surface area (Å²) in [6.07, 6.45) is 0. The van der Waals surface area contributed by atoms with E-state index in [0.717, 1.165) is 26.3 Å². The van der Waals surface area contributed by atoms with Gasteiger partial charge in [0.1, 0.15) is 6.67 Å². The van der Waals surface area contributed by atoms with E-state index in [-0.39, 0.29) is 0 Å². The Kier molecular flexibility index (Phi) is 3.12. The predicted molar refractivity (Wildman–Crippen MR) is 39.3 cm³/mol. The third-order valence-electron chi connectivity index (χ3n) is 1.35. The Labute approximate surface area is 62.6 Å². The monoisotopic (exact) mass is 142 g/mol. The smallest absolute Gasteiger partial charge is 0.146 e. The summed E-state index contributed by atoms with van der Waals surface area (Å²) < 4.78 is 5.18.